The van der Waals surface area contributed by atoms with Crippen LogP contribution in [0.25, 0.3) is 11.3 Å². The minimum absolute atomic E-state index is 0.0327. The number of aromatic nitrogens is 2. The standard InChI is InChI=1S/C31H33ClF3N5O3.C2HF3O2/c1-2-43-28-21(5-4-12-36-28)24-9-8-22-27(37-24)29(42)40(20-17-38(18-20)15-16-41)19-30(22)10-13-39(14-11-30)25-7-3-6-23(32)26(25)31(33,34)35;3-2(4,5)1(6)7/h3-9,12,20,41H,2,10-11,13-19H2,1H3;(H,6,7). The van der Waals surface area contributed by atoms with Gasteiger partial charge in [0.15, 0.2) is 0 Å². The monoisotopic (exact) mass is 729 g/mol. The first-order chi connectivity index (χ1) is 23.6. The van der Waals surface area contributed by atoms with Crippen LogP contribution in [0, 0.1) is 0 Å². The molecule has 270 valence electrons. The molecule has 0 atom stereocenters. The van der Waals surface area contributed by atoms with Crippen LogP contribution in [0.3, 0.4) is 0 Å². The number of hydrogen-bond acceptors (Lipinski definition) is 8. The Balaban J connectivity index is 0.000000630. The third kappa shape index (κ3) is 7.61. The Morgan fingerprint density at radius 3 is 2.34 bits per heavy atom. The molecule has 2 saturated heterocycles. The van der Waals surface area contributed by atoms with Gasteiger partial charge in [0.25, 0.3) is 5.91 Å². The van der Waals surface area contributed by atoms with Crippen molar-refractivity contribution < 1.29 is 50.9 Å². The fraction of sp³-hybridized carbons (Fsp3) is 0.455. The summed E-state index contributed by atoms with van der Waals surface area (Å²) in [6, 6.07) is 11.7. The molecule has 2 fully saturated rings. The molecule has 0 aliphatic carbocycles. The minimum Gasteiger partial charge on any atom is -0.477 e. The van der Waals surface area contributed by atoms with E-state index in [1.165, 1.54) is 12.1 Å². The number of alkyl halides is 6. The Hall–Kier alpha value is -4.15. The number of ether oxygens (including phenoxy) is 1. The van der Waals surface area contributed by atoms with Gasteiger partial charge in [0, 0.05) is 50.9 Å². The molecule has 0 bridgehead atoms. The maximum absolute atomic E-state index is 14.0. The average molecular weight is 730 g/mol. The van der Waals surface area contributed by atoms with Crippen molar-refractivity contribution in [2.24, 2.45) is 0 Å². The van der Waals surface area contributed by atoms with Gasteiger partial charge in [-0.05, 0) is 55.7 Å². The summed E-state index contributed by atoms with van der Waals surface area (Å²) < 4.78 is 79.4. The number of nitrogens with zero attached hydrogens (tertiary/aromatic N) is 5. The Morgan fingerprint density at radius 1 is 1.06 bits per heavy atom. The zero-order valence-electron chi connectivity index (χ0n) is 26.8. The topological polar surface area (TPSA) is 119 Å². The van der Waals surface area contributed by atoms with E-state index < -0.39 is 29.3 Å². The number of β-amino-alcohol motifs (C(OH)–C–C–N with tert-alkyl or cyclic N) is 1. The molecular formula is C33H34ClF6N5O5. The highest BCUT2D eigenvalue weighted by atomic mass is 35.5. The molecule has 6 rings (SSSR count). The molecule has 1 spiro atoms. The normalized spacial score (nSPS) is 17.9. The minimum atomic E-state index is -5.08. The van der Waals surface area contributed by atoms with E-state index in [4.69, 9.17) is 31.2 Å². The number of halogens is 7. The van der Waals surface area contributed by atoms with Gasteiger partial charge in [0.2, 0.25) is 5.88 Å². The summed E-state index contributed by atoms with van der Waals surface area (Å²) in [7, 11) is 0. The van der Waals surface area contributed by atoms with E-state index in [-0.39, 0.29) is 29.3 Å². The number of piperidine rings is 1. The highest BCUT2D eigenvalue weighted by Crippen LogP contribution is 2.47. The molecule has 3 aliphatic heterocycles. The number of aliphatic carboxylic acids is 1. The number of carbonyl (C=O) groups is 2. The van der Waals surface area contributed by atoms with Gasteiger partial charge in [0.05, 0.1) is 46.8 Å². The van der Waals surface area contributed by atoms with Gasteiger partial charge in [0.1, 0.15) is 5.69 Å². The number of carboxylic acids is 1. The summed E-state index contributed by atoms with van der Waals surface area (Å²) in [5.74, 6) is -2.48. The number of carbonyl (C=O) groups excluding carboxylic acids is 1. The maximum Gasteiger partial charge on any atom is 0.490 e. The van der Waals surface area contributed by atoms with Gasteiger partial charge in [-0.15, -0.1) is 0 Å². The lowest BCUT2D eigenvalue weighted by molar-refractivity contribution is -0.192. The van der Waals surface area contributed by atoms with Gasteiger partial charge >= 0.3 is 18.3 Å². The molecule has 3 aliphatic rings. The van der Waals surface area contributed by atoms with E-state index in [0.717, 1.165) is 5.56 Å². The second kappa shape index (κ2) is 14.6. The molecule has 1 aromatic carbocycles. The molecule has 17 heteroatoms. The molecule has 2 aromatic heterocycles. The highest BCUT2D eigenvalue weighted by molar-refractivity contribution is 6.31. The van der Waals surface area contributed by atoms with E-state index in [9.17, 15) is 36.2 Å². The first kappa shape index (κ1) is 37.1. The smallest absolute Gasteiger partial charge is 0.477 e. The van der Waals surface area contributed by atoms with Crippen LogP contribution in [0.5, 0.6) is 5.88 Å². The highest BCUT2D eigenvalue weighted by Gasteiger charge is 2.50. The van der Waals surface area contributed by atoms with Crippen molar-refractivity contribution in [3.05, 3.63) is 70.5 Å². The number of hydrogen-bond donors (Lipinski definition) is 2. The lowest BCUT2D eigenvalue weighted by Crippen LogP contribution is -2.66. The SMILES string of the molecule is CCOc1ncccc1-c1ccc2c(n1)C(=O)N(C1CN(CCO)C1)CC21CCN(c2cccc(Cl)c2C(F)(F)F)CC1.O=C(O)C(F)(F)F. The number of anilines is 1. The predicted octanol–water partition coefficient (Wildman–Crippen LogP) is 5.52. The van der Waals surface area contributed by atoms with Crippen molar-refractivity contribution in [3.8, 4) is 17.1 Å². The van der Waals surface area contributed by atoms with Crippen molar-refractivity contribution in [1.82, 2.24) is 19.8 Å². The molecule has 0 saturated carbocycles. The number of aliphatic hydroxyl groups is 1. The van der Waals surface area contributed by atoms with Crippen LogP contribution in [-0.2, 0) is 16.4 Å². The van der Waals surface area contributed by atoms with Crippen LogP contribution in [0.2, 0.25) is 5.02 Å². The van der Waals surface area contributed by atoms with E-state index in [2.05, 4.69) is 9.88 Å². The van der Waals surface area contributed by atoms with Crippen LogP contribution in [-0.4, -0.2) is 107 Å². The molecule has 0 radical (unpaired) electrons. The summed E-state index contributed by atoms with van der Waals surface area (Å²) in [4.78, 5) is 37.9. The van der Waals surface area contributed by atoms with Crippen molar-refractivity contribution in [1.29, 1.82) is 0 Å². The van der Waals surface area contributed by atoms with E-state index in [1.54, 1.807) is 23.2 Å². The molecule has 5 heterocycles. The summed E-state index contributed by atoms with van der Waals surface area (Å²) >= 11 is 6.03. The van der Waals surface area contributed by atoms with Crippen molar-refractivity contribution in [2.75, 3.05) is 57.4 Å². The van der Waals surface area contributed by atoms with Gasteiger partial charge < -0.3 is 24.7 Å². The van der Waals surface area contributed by atoms with Gasteiger partial charge in [-0.3, -0.25) is 9.69 Å². The van der Waals surface area contributed by atoms with Gasteiger partial charge in [-0.2, -0.15) is 26.3 Å². The second-order valence-corrected chi connectivity index (χ2v) is 12.6. The number of aliphatic hydroxyl groups excluding tert-OH is 1. The predicted molar refractivity (Wildman–Crippen MR) is 170 cm³/mol. The number of likely N-dealkylation sites (tertiary alicyclic amines) is 1. The van der Waals surface area contributed by atoms with Gasteiger partial charge in [-0.25, -0.2) is 14.8 Å². The Bertz CT molecular complexity index is 1710. The molecule has 50 heavy (non-hydrogen) atoms. The number of rotatable bonds is 7. The largest absolute Gasteiger partial charge is 0.490 e. The zero-order chi connectivity index (χ0) is 36.4. The van der Waals surface area contributed by atoms with Gasteiger partial charge in [-0.1, -0.05) is 23.7 Å². The molecule has 0 unspecified atom stereocenters. The summed E-state index contributed by atoms with van der Waals surface area (Å²) in [5, 5.41) is 16.2. The summed E-state index contributed by atoms with van der Waals surface area (Å²) in [5.41, 5.74) is 1.22. The van der Waals surface area contributed by atoms with E-state index in [0.29, 0.717) is 81.5 Å². The second-order valence-electron chi connectivity index (χ2n) is 12.2. The van der Waals surface area contributed by atoms with Crippen LogP contribution < -0.4 is 9.64 Å². The summed E-state index contributed by atoms with van der Waals surface area (Å²) in [6.07, 6.45) is -6.94. The maximum atomic E-state index is 14.0. The number of pyridine rings is 2. The number of benzene rings is 1. The molecular weight excluding hydrogens is 696 g/mol. The van der Waals surface area contributed by atoms with Crippen molar-refractivity contribution in [2.45, 2.75) is 43.6 Å². The van der Waals surface area contributed by atoms with E-state index in [1.807, 2.05) is 30.0 Å². The molecule has 1 amide bonds. The zero-order valence-corrected chi connectivity index (χ0v) is 27.5. The molecule has 2 N–H and O–H groups in total. The fourth-order valence-electron chi connectivity index (χ4n) is 6.68. The number of amides is 1. The van der Waals surface area contributed by atoms with Crippen LogP contribution in [0.1, 0.15) is 41.4 Å². The first-order valence-corrected chi connectivity index (χ1v) is 16.1. The fourth-order valence-corrected chi connectivity index (χ4v) is 6.95. The van der Waals surface area contributed by atoms with Crippen molar-refractivity contribution >= 4 is 29.2 Å². The third-order valence-corrected chi connectivity index (χ3v) is 9.42. The van der Waals surface area contributed by atoms with Crippen LogP contribution >= 0.6 is 11.6 Å². The van der Waals surface area contributed by atoms with Crippen LogP contribution in [0.15, 0.2) is 48.7 Å². The Kier molecular flexibility index (Phi) is 10.8. The average Bonchev–Trinajstić information content (AvgIpc) is 3.04. The van der Waals surface area contributed by atoms with E-state index >= 15 is 0 Å². The molecule has 3 aromatic rings. The Morgan fingerprint density at radius 2 is 1.74 bits per heavy atom. The number of carboxylic acid groups (broad SMARTS) is 1. The quantitative estimate of drug-likeness (QED) is 0.303. The molecule has 10 nitrogen and oxygen atoms in total. The number of fused-ring (bicyclic) bond motifs is 2. The summed E-state index contributed by atoms with van der Waals surface area (Å²) in [6.45, 7) is 5.38. The van der Waals surface area contributed by atoms with Crippen molar-refractivity contribution in [3.63, 3.8) is 0 Å². The lowest BCUT2D eigenvalue weighted by atomic mass is 9.69. The third-order valence-electron chi connectivity index (χ3n) is 9.10. The Labute approximate surface area is 288 Å². The van der Waals surface area contributed by atoms with Crippen LogP contribution in [0.4, 0.5) is 32.0 Å². The first-order valence-electron chi connectivity index (χ1n) is 15.7. The lowest BCUT2D eigenvalue weighted by Gasteiger charge is -2.53.